The number of amides is 1. The Balaban J connectivity index is 1.77. The van der Waals surface area contributed by atoms with E-state index in [2.05, 4.69) is 15.0 Å². The third-order valence-electron chi connectivity index (χ3n) is 4.30. The Kier molecular flexibility index (Phi) is 5.96. The van der Waals surface area contributed by atoms with E-state index in [0.29, 0.717) is 24.6 Å². The minimum Gasteiger partial charge on any atom is -0.348 e. The Morgan fingerprint density at radius 2 is 1.68 bits per heavy atom. The maximum Gasteiger partial charge on any atom is 0.251 e. The number of nitrogens with zero attached hydrogens (tertiary/aromatic N) is 4. The van der Waals surface area contributed by atoms with Crippen molar-refractivity contribution in [3.05, 3.63) is 70.8 Å². The lowest BCUT2D eigenvalue weighted by molar-refractivity contribution is -0.129. The second kappa shape index (κ2) is 8.58. The van der Waals surface area contributed by atoms with Crippen molar-refractivity contribution in [1.82, 2.24) is 24.8 Å². The highest BCUT2D eigenvalue weighted by molar-refractivity contribution is 5.77. The van der Waals surface area contributed by atoms with E-state index in [1.807, 2.05) is 48.3 Å². The summed E-state index contributed by atoms with van der Waals surface area (Å²) in [5.74, 6) is 0.579. The largest absolute Gasteiger partial charge is 0.348 e. The van der Waals surface area contributed by atoms with Gasteiger partial charge < -0.3 is 9.88 Å². The van der Waals surface area contributed by atoms with Gasteiger partial charge in [0.15, 0.2) is 0 Å². The maximum absolute atomic E-state index is 12.1. The molecule has 0 fully saturated rings. The Morgan fingerprint density at radius 3 is 2.32 bits per heavy atom. The molecule has 0 radical (unpaired) electrons. The fraction of sp³-hybridized carbons (Fsp3) is 0.238. The Hall–Kier alpha value is -3.32. The molecule has 7 nitrogen and oxygen atoms in total. The van der Waals surface area contributed by atoms with Crippen molar-refractivity contribution in [3.63, 3.8) is 0 Å². The molecule has 0 unspecified atom stereocenters. The summed E-state index contributed by atoms with van der Waals surface area (Å²) in [5, 5.41) is 0. The molecular weight excluding hydrogens is 354 g/mol. The van der Waals surface area contributed by atoms with Gasteiger partial charge in [-0.05, 0) is 24.7 Å². The minimum atomic E-state index is -0.206. The van der Waals surface area contributed by atoms with Crippen LogP contribution in [0.3, 0.4) is 0 Å². The Morgan fingerprint density at radius 1 is 1.00 bits per heavy atom. The summed E-state index contributed by atoms with van der Waals surface area (Å²) in [6.45, 7) is 1.01. The van der Waals surface area contributed by atoms with E-state index in [0.717, 1.165) is 16.7 Å². The summed E-state index contributed by atoms with van der Waals surface area (Å²) in [4.78, 5) is 38.8. The highest BCUT2D eigenvalue weighted by Crippen LogP contribution is 2.19. The average molecular weight is 377 g/mol. The van der Waals surface area contributed by atoms with E-state index in [9.17, 15) is 9.59 Å². The molecule has 2 heterocycles. The first-order valence-corrected chi connectivity index (χ1v) is 8.92. The second-order valence-corrected chi connectivity index (χ2v) is 6.87. The molecule has 0 aliphatic rings. The van der Waals surface area contributed by atoms with E-state index >= 15 is 0 Å². The van der Waals surface area contributed by atoms with Crippen molar-refractivity contribution < 1.29 is 4.79 Å². The molecule has 0 atom stereocenters. The fourth-order valence-electron chi connectivity index (χ4n) is 2.77. The number of H-pyrrole nitrogens is 1. The third kappa shape index (κ3) is 4.89. The van der Waals surface area contributed by atoms with E-state index in [-0.39, 0.29) is 11.5 Å². The van der Waals surface area contributed by atoms with Gasteiger partial charge in [-0.1, -0.05) is 24.3 Å². The summed E-state index contributed by atoms with van der Waals surface area (Å²) in [7, 11) is 5.41. The Labute approximate surface area is 163 Å². The van der Waals surface area contributed by atoms with E-state index < -0.39 is 0 Å². The minimum absolute atomic E-state index is 0.0637. The van der Waals surface area contributed by atoms with Gasteiger partial charge in [0.25, 0.3) is 5.56 Å². The molecule has 3 rings (SSSR count). The molecule has 0 aliphatic carbocycles. The number of carbonyl (C=O) groups excluding carboxylic acids is 1. The lowest BCUT2D eigenvalue weighted by atomic mass is 10.1. The first-order chi connectivity index (χ1) is 13.4. The fourth-order valence-corrected chi connectivity index (χ4v) is 2.77. The molecule has 7 heteroatoms. The van der Waals surface area contributed by atoms with Crippen LogP contribution < -0.4 is 5.56 Å². The molecule has 1 amide bonds. The van der Waals surface area contributed by atoms with Crippen LogP contribution in [0, 0.1) is 0 Å². The van der Waals surface area contributed by atoms with Gasteiger partial charge in [-0.25, -0.2) is 4.98 Å². The zero-order chi connectivity index (χ0) is 20.1. The van der Waals surface area contributed by atoms with Crippen molar-refractivity contribution in [3.8, 4) is 22.6 Å². The average Bonchev–Trinajstić information content (AvgIpc) is 2.68. The van der Waals surface area contributed by atoms with Crippen molar-refractivity contribution in [1.29, 1.82) is 0 Å². The van der Waals surface area contributed by atoms with Gasteiger partial charge in [-0.15, -0.1) is 0 Å². The summed E-state index contributed by atoms with van der Waals surface area (Å²) in [5.41, 5.74) is 3.13. The van der Waals surface area contributed by atoms with Crippen LogP contribution in [0.2, 0.25) is 0 Å². The summed E-state index contributed by atoms with van der Waals surface area (Å²) in [6.07, 6.45) is 3.34. The van der Waals surface area contributed by atoms with E-state index in [1.54, 1.807) is 31.4 Å². The zero-order valence-corrected chi connectivity index (χ0v) is 16.2. The first-order valence-electron chi connectivity index (χ1n) is 8.92. The van der Waals surface area contributed by atoms with Crippen molar-refractivity contribution in [2.45, 2.75) is 6.54 Å². The Bertz CT molecular complexity index is 997. The van der Waals surface area contributed by atoms with Gasteiger partial charge in [0.2, 0.25) is 5.91 Å². The van der Waals surface area contributed by atoms with Gasteiger partial charge in [0.05, 0.1) is 12.2 Å². The third-order valence-corrected chi connectivity index (χ3v) is 4.30. The smallest absolute Gasteiger partial charge is 0.251 e. The van der Waals surface area contributed by atoms with Crippen molar-refractivity contribution >= 4 is 5.91 Å². The zero-order valence-electron chi connectivity index (χ0n) is 16.2. The standard InChI is InChI=1S/C21H23N5O2/c1-25(2)20(28)14-26(3)13-15-4-6-17(7-5-15)21-23-18(12-19(27)24-21)16-8-10-22-11-9-16/h4-12H,13-14H2,1-3H3,(H,23,24,27). The number of aromatic nitrogens is 3. The first kappa shape index (κ1) is 19.4. The lowest BCUT2D eigenvalue weighted by Gasteiger charge is -2.19. The SMILES string of the molecule is CN(CC(=O)N(C)C)Cc1ccc(-c2nc(-c3ccncc3)cc(=O)[nH]2)cc1. The van der Waals surface area contributed by atoms with Crippen molar-refractivity contribution in [2.75, 3.05) is 27.7 Å². The number of likely N-dealkylation sites (N-methyl/N-ethyl adjacent to an activating group) is 2. The van der Waals surface area contributed by atoms with E-state index in [4.69, 9.17) is 0 Å². The molecule has 144 valence electrons. The highest BCUT2D eigenvalue weighted by atomic mass is 16.2. The predicted octanol–water partition coefficient (Wildman–Crippen LogP) is 2.02. The van der Waals surface area contributed by atoms with Crippen LogP contribution in [-0.4, -0.2) is 58.3 Å². The molecule has 3 aromatic rings. The monoisotopic (exact) mass is 377 g/mol. The van der Waals surface area contributed by atoms with Gasteiger partial charge in [-0.3, -0.25) is 19.5 Å². The van der Waals surface area contributed by atoms with Crippen LogP contribution >= 0.6 is 0 Å². The molecule has 0 bridgehead atoms. The molecule has 0 spiro atoms. The van der Waals surface area contributed by atoms with Gasteiger partial charge in [0.1, 0.15) is 5.82 Å². The number of nitrogens with one attached hydrogen (secondary N) is 1. The number of rotatable bonds is 6. The van der Waals surface area contributed by atoms with E-state index in [1.165, 1.54) is 6.07 Å². The molecular formula is C21H23N5O2. The maximum atomic E-state index is 12.1. The normalized spacial score (nSPS) is 10.9. The molecule has 1 aromatic carbocycles. The molecule has 1 N–H and O–H groups in total. The topological polar surface area (TPSA) is 82.2 Å². The number of hydrogen-bond acceptors (Lipinski definition) is 5. The summed E-state index contributed by atoms with van der Waals surface area (Å²) >= 11 is 0. The van der Waals surface area contributed by atoms with Crippen molar-refractivity contribution in [2.24, 2.45) is 0 Å². The number of aromatic amines is 1. The second-order valence-electron chi connectivity index (χ2n) is 6.87. The number of benzene rings is 1. The quantitative estimate of drug-likeness (QED) is 0.711. The van der Waals surface area contributed by atoms with Crippen LogP contribution in [0.25, 0.3) is 22.6 Å². The summed E-state index contributed by atoms with van der Waals surface area (Å²) in [6, 6.07) is 12.9. The summed E-state index contributed by atoms with van der Waals surface area (Å²) < 4.78 is 0. The van der Waals surface area contributed by atoms with Crippen LogP contribution in [0.15, 0.2) is 59.7 Å². The van der Waals surface area contributed by atoms with Crippen LogP contribution in [0.1, 0.15) is 5.56 Å². The van der Waals surface area contributed by atoms with Gasteiger partial charge in [-0.2, -0.15) is 0 Å². The number of hydrogen-bond donors (Lipinski definition) is 1. The van der Waals surface area contributed by atoms with Crippen LogP contribution in [-0.2, 0) is 11.3 Å². The number of carbonyl (C=O) groups is 1. The highest BCUT2D eigenvalue weighted by Gasteiger charge is 2.10. The van der Waals surface area contributed by atoms with Crippen LogP contribution in [0.5, 0.6) is 0 Å². The predicted molar refractivity (Wildman–Crippen MR) is 109 cm³/mol. The van der Waals surface area contributed by atoms with Crippen LogP contribution in [0.4, 0.5) is 0 Å². The number of pyridine rings is 1. The molecule has 2 aromatic heterocycles. The molecule has 0 saturated carbocycles. The van der Waals surface area contributed by atoms with Gasteiger partial charge in [0, 0.05) is 50.2 Å². The lowest BCUT2D eigenvalue weighted by Crippen LogP contribution is -2.34. The molecule has 0 saturated heterocycles. The molecule has 28 heavy (non-hydrogen) atoms. The molecule has 0 aliphatic heterocycles. The van der Waals surface area contributed by atoms with Gasteiger partial charge >= 0.3 is 0 Å².